The summed E-state index contributed by atoms with van der Waals surface area (Å²) < 4.78 is 0.678. The normalized spacial score (nSPS) is 10.3. The van der Waals surface area contributed by atoms with Gasteiger partial charge in [0.25, 0.3) is 0 Å². The molecule has 2 aromatic rings. The molecule has 0 aliphatic heterocycles. The Balaban J connectivity index is 2.50. The first kappa shape index (κ1) is 10.4. The Labute approximate surface area is 99.9 Å². The summed E-state index contributed by atoms with van der Waals surface area (Å²) in [7, 11) is 0. The Kier molecular flexibility index (Phi) is 2.88. The summed E-state index contributed by atoms with van der Waals surface area (Å²) in [5, 5.41) is 17.3. The lowest BCUT2D eigenvalue weighted by molar-refractivity contribution is 0.475. The lowest BCUT2D eigenvalue weighted by Gasteiger charge is -2.01. The van der Waals surface area contributed by atoms with E-state index in [4.69, 9.17) is 11.6 Å². The summed E-state index contributed by atoms with van der Waals surface area (Å²) in [6, 6.07) is 8.55. The first-order chi connectivity index (χ1) is 7.16. The Morgan fingerprint density at radius 1 is 1.20 bits per heavy atom. The van der Waals surface area contributed by atoms with Crippen molar-refractivity contribution in [3.63, 3.8) is 0 Å². The van der Waals surface area contributed by atoms with E-state index in [1.165, 1.54) is 0 Å². The summed E-state index contributed by atoms with van der Waals surface area (Å²) >= 11 is 8.99. The largest absolute Gasteiger partial charge is 0.508 e. The molecule has 0 fully saturated rings. The number of benzene rings is 1. The highest BCUT2D eigenvalue weighted by Crippen LogP contribution is 2.26. The number of nitrogens with zero attached hydrogens (tertiary/aromatic N) is 2. The zero-order chi connectivity index (χ0) is 10.8. The quantitative estimate of drug-likeness (QED) is 0.875. The monoisotopic (exact) mass is 284 g/mol. The van der Waals surface area contributed by atoms with Crippen LogP contribution in [0.25, 0.3) is 11.3 Å². The fourth-order valence-corrected chi connectivity index (χ4v) is 1.55. The smallest absolute Gasteiger partial charge is 0.165 e. The third kappa shape index (κ3) is 2.27. The molecule has 1 heterocycles. The highest BCUT2D eigenvalue weighted by atomic mass is 79.9. The molecular weight excluding hydrogens is 279 g/mol. The van der Waals surface area contributed by atoms with E-state index >= 15 is 0 Å². The first-order valence-electron chi connectivity index (χ1n) is 4.15. The zero-order valence-corrected chi connectivity index (χ0v) is 9.83. The van der Waals surface area contributed by atoms with Gasteiger partial charge in [0.1, 0.15) is 5.75 Å². The standard InChI is InChI=1S/C10H6BrClN2O/c11-8-5-9(13-14-10(8)12)6-2-1-3-7(15)4-6/h1-5,15H. The van der Waals surface area contributed by atoms with Crippen LogP contribution >= 0.6 is 27.5 Å². The van der Waals surface area contributed by atoms with Crippen LogP contribution in [0.5, 0.6) is 5.75 Å². The second kappa shape index (κ2) is 4.16. The van der Waals surface area contributed by atoms with Crippen LogP contribution in [-0.4, -0.2) is 15.3 Å². The van der Waals surface area contributed by atoms with Crippen molar-refractivity contribution in [1.29, 1.82) is 0 Å². The first-order valence-corrected chi connectivity index (χ1v) is 5.32. The van der Waals surface area contributed by atoms with Gasteiger partial charge in [-0.1, -0.05) is 23.7 Å². The second-order valence-corrected chi connectivity index (χ2v) is 4.13. The minimum atomic E-state index is 0.195. The van der Waals surface area contributed by atoms with Gasteiger partial charge in [-0.3, -0.25) is 0 Å². The van der Waals surface area contributed by atoms with Gasteiger partial charge < -0.3 is 5.11 Å². The molecule has 0 radical (unpaired) electrons. The van der Waals surface area contributed by atoms with E-state index in [9.17, 15) is 5.11 Å². The molecular formula is C10H6BrClN2O. The van der Waals surface area contributed by atoms with Crippen molar-refractivity contribution in [2.45, 2.75) is 0 Å². The van der Waals surface area contributed by atoms with E-state index in [0.717, 1.165) is 5.56 Å². The number of phenols is 1. The maximum atomic E-state index is 9.31. The lowest BCUT2D eigenvalue weighted by Crippen LogP contribution is -1.88. The van der Waals surface area contributed by atoms with Crippen molar-refractivity contribution < 1.29 is 5.11 Å². The van der Waals surface area contributed by atoms with Crippen LogP contribution in [0, 0.1) is 0 Å². The van der Waals surface area contributed by atoms with Gasteiger partial charge in [-0.25, -0.2) is 0 Å². The van der Waals surface area contributed by atoms with E-state index in [1.807, 2.05) is 6.07 Å². The van der Waals surface area contributed by atoms with Crippen molar-refractivity contribution in [1.82, 2.24) is 10.2 Å². The Hall–Kier alpha value is -1.13. The molecule has 0 aliphatic rings. The highest BCUT2D eigenvalue weighted by molar-refractivity contribution is 9.10. The molecule has 1 aromatic heterocycles. The number of aromatic nitrogens is 2. The summed E-state index contributed by atoms with van der Waals surface area (Å²) in [4.78, 5) is 0. The Bertz CT molecular complexity index is 505. The van der Waals surface area contributed by atoms with Crippen molar-refractivity contribution in [3.8, 4) is 17.0 Å². The molecule has 0 saturated heterocycles. The average Bonchev–Trinajstić information content (AvgIpc) is 2.22. The van der Waals surface area contributed by atoms with Gasteiger partial charge in [-0.15, -0.1) is 10.2 Å². The molecule has 15 heavy (non-hydrogen) atoms. The maximum absolute atomic E-state index is 9.31. The molecule has 76 valence electrons. The van der Waals surface area contributed by atoms with Crippen molar-refractivity contribution in [2.75, 3.05) is 0 Å². The molecule has 0 bridgehead atoms. The number of phenolic OH excluding ortho intramolecular Hbond substituents is 1. The van der Waals surface area contributed by atoms with Gasteiger partial charge in [-0.2, -0.15) is 0 Å². The molecule has 3 nitrogen and oxygen atoms in total. The maximum Gasteiger partial charge on any atom is 0.165 e. The molecule has 0 atom stereocenters. The van der Waals surface area contributed by atoms with Crippen LogP contribution < -0.4 is 0 Å². The van der Waals surface area contributed by atoms with Gasteiger partial charge in [-0.05, 0) is 34.1 Å². The number of hydrogen-bond donors (Lipinski definition) is 1. The molecule has 0 aliphatic carbocycles. The fourth-order valence-electron chi connectivity index (χ4n) is 1.16. The fraction of sp³-hybridized carbons (Fsp3) is 0. The summed E-state index contributed by atoms with van der Waals surface area (Å²) in [5.41, 5.74) is 1.45. The number of hydrogen-bond acceptors (Lipinski definition) is 3. The van der Waals surface area contributed by atoms with E-state index in [0.29, 0.717) is 15.3 Å². The van der Waals surface area contributed by atoms with Gasteiger partial charge in [0.15, 0.2) is 5.15 Å². The van der Waals surface area contributed by atoms with E-state index < -0.39 is 0 Å². The lowest BCUT2D eigenvalue weighted by atomic mass is 10.1. The van der Waals surface area contributed by atoms with Crippen LogP contribution in [0.1, 0.15) is 0 Å². The minimum absolute atomic E-state index is 0.195. The van der Waals surface area contributed by atoms with Crippen LogP contribution in [0.4, 0.5) is 0 Å². The second-order valence-electron chi connectivity index (χ2n) is 2.92. The summed E-state index contributed by atoms with van der Waals surface area (Å²) in [5.74, 6) is 0.195. The van der Waals surface area contributed by atoms with Gasteiger partial charge >= 0.3 is 0 Å². The molecule has 1 N–H and O–H groups in total. The predicted octanol–water partition coefficient (Wildman–Crippen LogP) is 3.27. The minimum Gasteiger partial charge on any atom is -0.508 e. The van der Waals surface area contributed by atoms with Crippen LogP contribution in [0.2, 0.25) is 5.15 Å². The summed E-state index contributed by atoms with van der Waals surface area (Å²) in [6.07, 6.45) is 0. The van der Waals surface area contributed by atoms with Crippen molar-refractivity contribution >= 4 is 27.5 Å². The van der Waals surface area contributed by atoms with Crippen LogP contribution in [-0.2, 0) is 0 Å². The third-order valence-corrected chi connectivity index (χ3v) is 2.96. The highest BCUT2D eigenvalue weighted by Gasteiger charge is 2.05. The molecule has 0 spiro atoms. The molecule has 0 unspecified atom stereocenters. The molecule has 0 saturated carbocycles. The van der Waals surface area contributed by atoms with Crippen molar-refractivity contribution in [3.05, 3.63) is 40.0 Å². The molecule has 0 amide bonds. The Morgan fingerprint density at radius 3 is 2.67 bits per heavy atom. The molecule has 1 aromatic carbocycles. The van der Waals surface area contributed by atoms with E-state index in [-0.39, 0.29) is 5.75 Å². The number of aromatic hydroxyl groups is 1. The number of halogens is 2. The average molecular weight is 286 g/mol. The van der Waals surface area contributed by atoms with Gasteiger partial charge in [0.2, 0.25) is 0 Å². The third-order valence-electron chi connectivity index (χ3n) is 1.85. The topological polar surface area (TPSA) is 46.0 Å². The van der Waals surface area contributed by atoms with Crippen LogP contribution in [0.15, 0.2) is 34.8 Å². The number of rotatable bonds is 1. The summed E-state index contributed by atoms with van der Waals surface area (Å²) in [6.45, 7) is 0. The van der Waals surface area contributed by atoms with Crippen LogP contribution in [0.3, 0.4) is 0 Å². The zero-order valence-electron chi connectivity index (χ0n) is 7.48. The predicted molar refractivity (Wildman–Crippen MR) is 61.8 cm³/mol. The van der Waals surface area contributed by atoms with Gasteiger partial charge in [0, 0.05) is 5.56 Å². The van der Waals surface area contributed by atoms with E-state index in [2.05, 4.69) is 26.1 Å². The van der Waals surface area contributed by atoms with E-state index in [1.54, 1.807) is 24.3 Å². The molecule has 5 heteroatoms. The van der Waals surface area contributed by atoms with Gasteiger partial charge in [0.05, 0.1) is 10.2 Å². The Morgan fingerprint density at radius 2 is 2.00 bits per heavy atom. The van der Waals surface area contributed by atoms with Crippen molar-refractivity contribution in [2.24, 2.45) is 0 Å². The SMILES string of the molecule is Oc1cccc(-c2cc(Br)c(Cl)nn2)c1. The molecule has 2 rings (SSSR count).